The molecule has 24 heavy (non-hydrogen) atoms. The number of rotatable bonds is 4. The van der Waals surface area contributed by atoms with Crippen molar-refractivity contribution in [2.24, 2.45) is 0 Å². The zero-order valence-electron chi connectivity index (χ0n) is 13.9. The van der Waals surface area contributed by atoms with Crippen molar-refractivity contribution in [1.29, 1.82) is 0 Å². The van der Waals surface area contributed by atoms with Gasteiger partial charge in [0.15, 0.2) is 0 Å². The number of ether oxygens (including phenoxy) is 1. The highest BCUT2D eigenvalue weighted by Gasteiger charge is 2.44. The van der Waals surface area contributed by atoms with Crippen LogP contribution in [0.1, 0.15) is 35.5 Å². The Morgan fingerprint density at radius 2 is 1.92 bits per heavy atom. The van der Waals surface area contributed by atoms with Crippen LogP contribution in [0.5, 0.6) is 5.75 Å². The van der Waals surface area contributed by atoms with Crippen molar-refractivity contribution < 1.29 is 19.6 Å². The lowest BCUT2D eigenvalue weighted by Gasteiger charge is -2.31. The SMILES string of the molecule is COc1ccc(CN2C(=O)c3cc(B(O)O)cnc3C2(C)C)cc1. The van der Waals surface area contributed by atoms with Crippen molar-refractivity contribution in [2.45, 2.75) is 25.9 Å². The highest BCUT2D eigenvalue weighted by atomic mass is 16.5. The van der Waals surface area contributed by atoms with Gasteiger partial charge >= 0.3 is 7.12 Å². The van der Waals surface area contributed by atoms with E-state index in [1.807, 2.05) is 38.1 Å². The number of amides is 1. The minimum Gasteiger partial charge on any atom is -0.497 e. The third-order valence-electron chi connectivity index (χ3n) is 4.44. The number of hydrogen-bond acceptors (Lipinski definition) is 5. The standard InChI is InChI=1S/C17H19BN2O4/c1-17(2)15-14(8-12(9-19-15)18(22)23)16(21)20(17)10-11-4-6-13(24-3)7-5-11/h4-9,22-23H,10H2,1-3H3. The van der Waals surface area contributed by atoms with E-state index in [0.29, 0.717) is 17.8 Å². The largest absolute Gasteiger partial charge is 0.497 e. The second-order valence-corrected chi connectivity index (χ2v) is 6.34. The number of carbonyl (C=O) groups excluding carboxylic acids is 1. The van der Waals surface area contributed by atoms with Crippen LogP contribution in [-0.4, -0.2) is 40.1 Å². The Kier molecular flexibility index (Phi) is 4.07. The molecule has 2 aromatic rings. The summed E-state index contributed by atoms with van der Waals surface area (Å²) < 4.78 is 5.15. The average Bonchev–Trinajstić information content (AvgIpc) is 2.76. The van der Waals surface area contributed by atoms with Gasteiger partial charge in [0.05, 0.1) is 23.9 Å². The first kappa shape index (κ1) is 16.5. The van der Waals surface area contributed by atoms with Gasteiger partial charge in [0, 0.05) is 18.2 Å². The van der Waals surface area contributed by atoms with Gasteiger partial charge < -0.3 is 19.7 Å². The molecule has 0 fully saturated rings. The van der Waals surface area contributed by atoms with Crippen LogP contribution in [0.15, 0.2) is 36.5 Å². The van der Waals surface area contributed by atoms with Crippen LogP contribution in [0.3, 0.4) is 0 Å². The van der Waals surface area contributed by atoms with Crippen LogP contribution in [0.2, 0.25) is 0 Å². The quantitative estimate of drug-likeness (QED) is 0.807. The molecule has 0 spiro atoms. The monoisotopic (exact) mass is 326 g/mol. The molecule has 0 aliphatic carbocycles. The maximum atomic E-state index is 12.8. The summed E-state index contributed by atoms with van der Waals surface area (Å²) in [7, 11) is -0.0354. The number of nitrogens with zero attached hydrogens (tertiary/aromatic N) is 2. The average molecular weight is 326 g/mol. The Hall–Kier alpha value is -2.38. The number of aromatic nitrogens is 1. The molecule has 1 aliphatic rings. The number of benzene rings is 1. The molecule has 2 N–H and O–H groups in total. The fourth-order valence-electron chi connectivity index (χ4n) is 2.98. The number of fused-ring (bicyclic) bond motifs is 1. The summed E-state index contributed by atoms with van der Waals surface area (Å²) in [6.07, 6.45) is 1.40. The van der Waals surface area contributed by atoms with Crippen molar-refractivity contribution >= 4 is 18.5 Å². The summed E-state index contributed by atoms with van der Waals surface area (Å²) in [5.41, 5.74) is 1.67. The molecule has 6 nitrogen and oxygen atoms in total. The Labute approximate surface area is 140 Å². The van der Waals surface area contributed by atoms with Gasteiger partial charge in [-0.25, -0.2) is 0 Å². The van der Waals surface area contributed by atoms with Gasteiger partial charge in [0.25, 0.3) is 5.91 Å². The molecular formula is C17H19BN2O4. The summed E-state index contributed by atoms with van der Waals surface area (Å²) in [5.74, 6) is 0.595. The molecule has 1 amide bonds. The predicted molar refractivity (Wildman–Crippen MR) is 90.0 cm³/mol. The zero-order chi connectivity index (χ0) is 17.5. The van der Waals surface area contributed by atoms with Gasteiger partial charge in [0.1, 0.15) is 5.75 Å². The van der Waals surface area contributed by atoms with Gasteiger partial charge in [-0.2, -0.15) is 0 Å². The molecule has 7 heteroatoms. The van der Waals surface area contributed by atoms with E-state index in [4.69, 9.17) is 4.74 Å². The fourth-order valence-corrected chi connectivity index (χ4v) is 2.98. The lowest BCUT2D eigenvalue weighted by atomic mass is 9.80. The van der Waals surface area contributed by atoms with Crippen LogP contribution in [-0.2, 0) is 12.1 Å². The molecule has 0 saturated heterocycles. The summed E-state index contributed by atoms with van der Waals surface area (Å²) in [6, 6.07) is 9.05. The molecule has 1 aliphatic heterocycles. The van der Waals surface area contributed by atoms with E-state index in [-0.39, 0.29) is 11.4 Å². The van der Waals surface area contributed by atoms with E-state index in [0.717, 1.165) is 11.3 Å². The Morgan fingerprint density at radius 1 is 1.25 bits per heavy atom. The van der Waals surface area contributed by atoms with Crippen LogP contribution in [0.4, 0.5) is 0 Å². The lowest BCUT2D eigenvalue weighted by molar-refractivity contribution is 0.0591. The van der Waals surface area contributed by atoms with Crippen molar-refractivity contribution in [3.63, 3.8) is 0 Å². The van der Waals surface area contributed by atoms with Crippen molar-refractivity contribution in [3.05, 3.63) is 53.3 Å². The van der Waals surface area contributed by atoms with Gasteiger partial charge in [-0.05, 0) is 37.6 Å². The zero-order valence-corrected chi connectivity index (χ0v) is 13.9. The molecule has 0 saturated carbocycles. The van der Waals surface area contributed by atoms with Crippen LogP contribution < -0.4 is 10.2 Å². The molecule has 0 radical (unpaired) electrons. The fraction of sp³-hybridized carbons (Fsp3) is 0.294. The van der Waals surface area contributed by atoms with Crippen LogP contribution in [0.25, 0.3) is 0 Å². The summed E-state index contributed by atoms with van der Waals surface area (Å²) in [6.45, 7) is 4.30. The molecule has 1 aromatic carbocycles. The maximum Gasteiger partial charge on any atom is 0.490 e. The Balaban J connectivity index is 1.93. The number of pyridine rings is 1. The van der Waals surface area contributed by atoms with Gasteiger partial charge in [-0.3, -0.25) is 9.78 Å². The van der Waals surface area contributed by atoms with E-state index in [9.17, 15) is 14.8 Å². The molecule has 0 bridgehead atoms. The molecule has 124 valence electrons. The van der Waals surface area contributed by atoms with Crippen molar-refractivity contribution in [1.82, 2.24) is 9.88 Å². The number of carbonyl (C=O) groups is 1. The second kappa shape index (κ2) is 5.92. The van der Waals surface area contributed by atoms with E-state index in [1.165, 1.54) is 12.3 Å². The third-order valence-corrected chi connectivity index (χ3v) is 4.44. The Bertz CT molecular complexity index is 775. The van der Waals surface area contributed by atoms with E-state index < -0.39 is 12.7 Å². The normalized spacial score (nSPS) is 15.4. The van der Waals surface area contributed by atoms with Crippen LogP contribution in [0, 0.1) is 0 Å². The summed E-state index contributed by atoms with van der Waals surface area (Å²) in [5, 5.41) is 18.6. The summed E-state index contributed by atoms with van der Waals surface area (Å²) >= 11 is 0. The van der Waals surface area contributed by atoms with Gasteiger partial charge in [-0.15, -0.1) is 0 Å². The molecule has 0 unspecified atom stereocenters. The van der Waals surface area contributed by atoms with E-state index in [1.54, 1.807) is 12.0 Å². The second-order valence-electron chi connectivity index (χ2n) is 6.34. The highest BCUT2D eigenvalue weighted by Crippen LogP contribution is 2.37. The molecule has 3 rings (SSSR count). The predicted octanol–water partition coefficient (Wildman–Crippen LogP) is 0.661. The molecule has 2 heterocycles. The topological polar surface area (TPSA) is 82.9 Å². The maximum absolute atomic E-state index is 12.8. The molecule has 1 aromatic heterocycles. The van der Waals surface area contributed by atoms with Crippen LogP contribution >= 0.6 is 0 Å². The van der Waals surface area contributed by atoms with E-state index >= 15 is 0 Å². The van der Waals surface area contributed by atoms with Crippen molar-refractivity contribution in [3.8, 4) is 5.75 Å². The minimum atomic E-state index is -1.64. The first-order valence-electron chi connectivity index (χ1n) is 7.66. The van der Waals surface area contributed by atoms with E-state index in [2.05, 4.69) is 4.98 Å². The molecule has 0 atom stereocenters. The number of hydrogen-bond donors (Lipinski definition) is 2. The highest BCUT2D eigenvalue weighted by molar-refractivity contribution is 6.58. The first-order chi connectivity index (χ1) is 11.3. The summed E-state index contributed by atoms with van der Waals surface area (Å²) in [4.78, 5) is 18.8. The Morgan fingerprint density at radius 3 is 2.50 bits per heavy atom. The minimum absolute atomic E-state index is 0.166. The smallest absolute Gasteiger partial charge is 0.490 e. The molecular weight excluding hydrogens is 307 g/mol. The van der Waals surface area contributed by atoms with Gasteiger partial charge in [0.2, 0.25) is 0 Å². The lowest BCUT2D eigenvalue weighted by Crippen LogP contribution is -2.38. The van der Waals surface area contributed by atoms with Crippen molar-refractivity contribution in [2.75, 3.05) is 7.11 Å². The third kappa shape index (κ3) is 2.66. The number of methoxy groups -OCH3 is 1. The first-order valence-corrected chi connectivity index (χ1v) is 7.66. The van der Waals surface area contributed by atoms with Gasteiger partial charge in [-0.1, -0.05) is 12.1 Å².